The molecule has 144 valence electrons. The number of carbonyl (C=O) groups excluding carboxylic acids is 3. The highest BCUT2D eigenvalue weighted by Gasteiger charge is 2.44. The highest BCUT2D eigenvalue weighted by atomic mass is 32.1. The van der Waals surface area contributed by atoms with Gasteiger partial charge in [0.05, 0.1) is 12.1 Å². The van der Waals surface area contributed by atoms with Gasteiger partial charge in [-0.15, -0.1) is 12.6 Å². The first-order valence-electron chi connectivity index (χ1n) is 9.93. The first kappa shape index (κ1) is 18.7. The quantitative estimate of drug-likeness (QED) is 0.775. The van der Waals surface area contributed by atoms with Crippen LogP contribution in [0, 0.1) is 11.8 Å². The minimum absolute atomic E-state index is 0.0365. The van der Waals surface area contributed by atoms with Crippen molar-refractivity contribution >= 4 is 29.4 Å². The van der Waals surface area contributed by atoms with E-state index in [9.17, 15) is 14.4 Å². The smallest absolute Gasteiger partial charge is 0.226 e. The fourth-order valence-corrected chi connectivity index (χ4v) is 5.26. The molecule has 0 radical (unpaired) electrons. The Hall–Kier alpha value is -1.66. The standard InChI is InChI=1S/C21H26N2O3S/c24-19(16-9-10-22-18(16)21(26)27)17-6-3-11-23(17)20(25)15-8-7-13-4-1-2-5-14(13)12-15/h1-2,4-5,15-18,22H,3,6-12H2,(H,26,27)/t15-,16?,17+,18+/m1/s1. The summed E-state index contributed by atoms with van der Waals surface area (Å²) in [7, 11) is 0. The Morgan fingerprint density at radius 1 is 1.07 bits per heavy atom. The number of hydrogen-bond donors (Lipinski definition) is 2. The third-order valence-electron chi connectivity index (χ3n) is 6.41. The summed E-state index contributed by atoms with van der Waals surface area (Å²) in [5.74, 6) is -0.257. The summed E-state index contributed by atoms with van der Waals surface area (Å²) >= 11 is 3.93. The number of thiol groups is 1. The van der Waals surface area contributed by atoms with E-state index in [1.807, 2.05) is 12.1 Å². The zero-order chi connectivity index (χ0) is 19.0. The van der Waals surface area contributed by atoms with Crippen LogP contribution in [0.1, 0.15) is 36.8 Å². The van der Waals surface area contributed by atoms with Crippen LogP contribution >= 0.6 is 12.6 Å². The van der Waals surface area contributed by atoms with Crippen molar-refractivity contribution < 1.29 is 14.4 Å². The monoisotopic (exact) mass is 386 g/mol. The van der Waals surface area contributed by atoms with Gasteiger partial charge in [0.2, 0.25) is 11.0 Å². The molecular formula is C21H26N2O3S. The van der Waals surface area contributed by atoms with Crippen LogP contribution in [0.4, 0.5) is 0 Å². The van der Waals surface area contributed by atoms with Gasteiger partial charge < -0.3 is 10.2 Å². The van der Waals surface area contributed by atoms with Gasteiger partial charge in [-0.3, -0.25) is 14.4 Å². The number of amides is 1. The van der Waals surface area contributed by atoms with Crippen LogP contribution < -0.4 is 5.32 Å². The third kappa shape index (κ3) is 3.57. The maximum Gasteiger partial charge on any atom is 0.226 e. The topological polar surface area (TPSA) is 66.5 Å². The second-order valence-corrected chi connectivity index (χ2v) is 8.41. The van der Waals surface area contributed by atoms with Gasteiger partial charge in [0, 0.05) is 18.4 Å². The minimum atomic E-state index is -0.514. The van der Waals surface area contributed by atoms with Crippen molar-refractivity contribution in [2.24, 2.45) is 11.8 Å². The van der Waals surface area contributed by atoms with Crippen molar-refractivity contribution in [3.8, 4) is 0 Å². The number of nitrogens with one attached hydrogen (secondary N) is 1. The highest BCUT2D eigenvalue weighted by molar-refractivity contribution is 7.96. The lowest BCUT2D eigenvalue weighted by Gasteiger charge is -2.32. The maximum atomic E-state index is 13.2. The van der Waals surface area contributed by atoms with Crippen molar-refractivity contribution in [2.75, 3.05) is 13.1 Å². The molecule has 2 heterocycles. The molecule has 6 heteroatoms. The van der Waals surface area contributed by atoms with Crippen LogP contribution in [0.2, 0.25) is 0 Å². The summed E-state index contributed by atoms with van der Waals surface area (Å²) in [6, 6.07) is 7.42. The van der Waals surface area contributed by atoms with Gasteiger partial charge in [0.1, 0.15) is 0 Å². The number of likely N-dealkylation sites (tertiary alicyclic amines) is 1. The average Bonchev–Trinajstić information content (AvgIpc) is 3.36. The van der Waals surface area contributed by atoms with Crippen molar-refractivity contribution in [3.05, 3.63) is 35.4 Å². The van der Waals surface area contributed by atoms with Gasteiger partial charge in [-0.25, -0.2) is 0 Å². The number of hydrogen-bond acceptors (Lipinski definition) is 4. The lowest BCUT2D eigenvalue weighted by atomic mass is 9.82. The van der Waals surface area contributed by atoms with Crippen molar-refractivity contribution in [1.29, 1.82) is 0 Å². The molecule has 0 spiro atoms. The van der Waals surface area contributed by atoms with Crippen molar-refractivity contribution in [1.82, 2.24) is 10.2 Å². The van der Waals surface area contributed by atoms with Gasteiger partial charge in [0.15, 0.2) is 5.78 Å². The van der Waals surface area contributed by atoms with E-state index in [1.165, 1.54) is 11.1 Å². The Morgan fingerprint density at radius 2 is 1.85 bits per heavy atom. The summed E-state index contributed by atoms with van der Waals surface area (Å²) in [5.41, 5.74) is 2.59. The second kappa shape index (κ2) is 7.76. The molecule has 4 rings (SSSR count). The molecule has 4 atom stereocenters. The molecule has 1 aromatic rings. The number of Topliss-reactive ketones (excluding diaryl/α,β-unsaturated/α-hetero) is 1. The molecule has 0 bridgehead atoms. The molecule has 2 aliphatic heterocycles. The molecule has 1 aromatic carbocycles. The second-order valence-electron chi connectivity index (χ2n) is 7.97. The van der Waals surface area contributed by atoms with E-state index in [-0.39, 0.29) is 34.7 Å². The van der Waals surface area contributed by atoms with E-state index in [1.54, 1.807) is 4.90 Å². The van der Waals surface area contributed by atoms with Crippen molar-refractivity contribution in [2.45, 2.75) is 50.6 Å². The summed E-state index contributed by atoms with van der Waals surface area (Å²) in [4.78, 5) is 39.9. The molecule has 27 heavy (non-hydrogen) atoms. The number of nitrogens with zero attached hydrogens (tertiary/aromatic N) is 1. The van der Waals surface area contributed by atoms with Gasteiger partial charge in [0.25, 0.3) is 0 Å². The summed E-state index contributed by atoms with van der Waals surface area (Å²) in [6.45, 7) is 1.29. The molecule has 1 unspecified atom stereocenters. The molecule has 1 N–H and O–H groups in total. The molecule has 0 aromatic heterocycles. The Balaban J connectivity index is 1.47. The van der Waals surface area contributed by atoms with E-state index in [0.717, 1.165) is 25.7 Å². The SMILES string of the molecule is O=C(S)[C@H]1NCCC1C(=O)[C@@H]1CCCN1C(=O)[C@@H]1CCc2ccccc2C1. The Bertz CT molecular complexity index is 766. The molecule has 5 nitrogen and oxygen atoms in total. The van der Waals surface area contributed by atoms with Crippen LogP contribution in [0.25, 0.3) is 0 Å². The molecule has 1 amide bonds. The first-order chi connectivity index (χ1) is 13.1. The van der Waals surface area contributed by atoms with E-state index in [0.29, 0.717) is 25.9 Å². The Kier molecular flexibility index (Phi) is 5.37. The minimum Gasteiger partial charge on any atom is -0.332 e. The number of rotatable bonds is 4. The van der Waals surface area contributed by atoms with Crippen LogP contribution in [0.3, 0.4) is 0 Å². The van der Waals surface area contributed by atoms with E-state index < -0.39 is 6.04 Å². The fraction of sp³-hybridized carbons (Fsp3) is 0.571. The van der Waals surface area contributed by atoms with E-state index >= 15 is 0 Å². The maximum absolute atomic E-state index is 13.2. The molecule has 2 fully saturated rings. The number of benzene rings is 1. The van der Waals surface area contributed by atoms with Gasteiger partial charge in [-0.1, -0.05) is 24.3 Å². The van der Waals surface area contributed by atoms with Crippen LogP contribution in [0.5, 0.6) is 0 Å². The summed E-state index contributed by atoms with van der Waals surface area (Å²) in [6.07, 6.45) is 4.72. The zero-order valence-electron chi connectivity index (χ0n) is 15.4. The van der Waals surface area contributed by atoms with Gasteiger partial charge in [-0.05, 0) is 56.2 Å². The number of ketones is 1. The van der Waals surface area contributed by atoms with Crippen LogP contribution in [0.15, 0.2) is 24.3 Å². The number of aryl methyl sites for hydroxylation is 1. The summed E-state index contributed by atoms with van der Waals surface area (Å²) in [5, 5.41) is 2.79. The van der Waals surface area contributed by atoms with E-state index in [2.05, 4.69) is 30.1 Å². The van der Waals surface area contributed by atoms with Gasteiger partial charge in [-0.2, -0.15) is 0 Å². The molecule has 1 aliphatic carbocycles. The lowest BCUT2D eigenvalue weighted by molar-refractivity contribution is -0.142. The molecule has 2 saturated heterocycles. The highest BCUT2D eigenvalue weighted by Crippen LogP contribution is 2.32. The molecule has 0 saturated carbocycles. The predicted octanol–water partition coefficient (Wildman–Crippen LogP) is 1.79. The Labute approximate surface area is 165 Å². The molecular weight excluding hydrogens is 360 g/mol. The third-order valence-corrected chi connectivity index (χ3v) is 6.69. The fourth-order valence-electron chi connectivity index (χ4n) is 4.99. The van der Waals surface area contributed by atoms with Gasteiger partial charge >= 0.3 is 0 Å². The number of carbonyl (C=O) groups is 3. The van der Waals surface area contributed by atoms with Crippen molar-refractivity contribution in [3.63, 3.8) is 0 Å². The Morgan fingerprint density at radius 3 is 2.63 bits per heavy atom. The summed E-state index contributed by atoms with van der Waals surface area (Å²) < 4.78 is 0. The molecule has 3 aliphatic rings. The number of fused-ring (bicyclic) bond motifs is 1. The van der Waals surface area contributed by atoms with E-state index in [4.69, 9.17) is 0 Å². The normalized spacial score (nSPS) is 30.2. The zero-order valence-corrected chi connectivity index (χ0v) is 16.3. The van der Waals surface area contributed by atoms with Crippen LogP contribution in [-0.2, 0) is 27.2 Å². The average molecular weight is 387 g/mol. The largest absolute Gasteiger partial charge is 0.332 e. The lowest BCUT2D eigenvalue weighted by Crippen LogP contribution is -2.49. The first-order valence-corrected chi connectivity index (χ1v) is 10.4. The van der Waals surface area contributed by atoms with Crippen LogP contribution in [-0.4, -0.2) is 46.9 Å². The predicted molar refractivity (Wildman–Crippen MR) is 106 cm³/mol.